The Morgan fingerprint density at radius 3 is 2.70 bits per heavy atom. The molecule has 0 saturated carbocycles. The van der Waals surface area contributed by atoms with Crippen LogP contribution in [0.15, 0.2) is 0 Å². The lowest BCUT2D eigenvalue weighted by Gasteiger charge is -1.96. The van der Waals surface area contributed by atoms with Gasteiger partial charge in [0.15, 0.2) is 0 Å². The monoisotopic (exact) mass is 155 g/mol. The van der Waals surface area contributed by atoms with Crippen LogP contribution in [0.4, 0.5) is 0 Å². The van der Waals surface area contributed by atoms with E-state index in [0.29, 0.717) is 4.77 Å². The number of nitrogens with one attached hydrogen (secondary N) is 1. The molecule has 4 heteroatoms. The van der Waals surface area contributed by atoms with Crippen LogP contribution in [-0.2, 0) is 6.42 Å². The molecule has 54 valence electrons. The molecule has 1 rings (SSSR count). The summed E-state index contributed by atoms with van der Waals surface area (Å²) in [7, 11) is 0. The summed E-state index contributed by atoms with van der Waals surface area (Å²) in [6.07, 6.45) is 0.868. The van der Waals surface area contributed by atoms with Crippen LogP contribution in [0.2, 0.25) is 0 Å². The van der Waals surface area contributed by atoms with Gasteiger partial charge in [-0.15, -0.1) is 0 Å². The predicted octanol–water partition coefficient (Wildman–Crippen LogP) is 1.41. The molecule has 3 nitrogen and oxygen atoms in total. The van der Waals surface area contributed by atoms with E-state index in [9.17, 15) is 0 Å². The fraction of sp³-hybridized carbons (Fsp3) is 0.500. The molecule has 0 aliphatic rings. The van der Waals surface area contributed by atoms with Gasteiger partial charge in [0.2, 0.25) is 4.77 Å². The first-order valence-corrected chi connectivity index (χ1v) is 3.57. The Balaban J connectivity index is 3.19. The van der Waals surface area contributed by atoms with Crippen molar-refractivity contribution < 1.29 is 0 Å². The average Bonchev–Trinajstić information content (AvgIpc) is 1.85. The van der Waals surface area contributed by atoms with E-state index < -0.39 is 0 Å². The number of aromatic amines is 1. The van der Waals surface area contributed by atoms with E-state index in [2.05, 4.69) is 15.0 Å². The van der Waals surface area contributed by atoms with Gasteiger partial charge in [-0.05, 0) is 19.1 Å². The van der Waals surface area contributed by atoms with Gasteiger partial charge >= 0.3 is 0 Å². The van der Waals surface area contributed by atoms with Crippen LogP contribution < -0.4 is 0 Å². The molecular weight excluding hydrogens is 146 g/mol. The van der Waals surface area contributed by atoms with Crippen molar-refractivity contribution in [1.82, 2.24) is 15.0 Å². The summed E-state index contributed by atoms with van der Waals surface area (Å²) in [6.45, 7) is 3.89. The maximum absolute atomic E-state index is 4.81. The van der Waals surface area contributed by atoms with Gasteiger partial charge in [0.25, 0.3) is 0 Å². The molecule has 10 heavy (non-hydrogen) atoms. The summed E-state index contributed by atoms with van der Waals surface area (Å²) in [5.41, 5.74) is 0. The highest BCUT2D eigenvalue weighted by molar-refractivity contribution is 7.71. The fourth-order valence-corrected chi connectivity index (χ4v) is 0.963. The van der Waals surface area contributed by atoms with Gasteiger partial charge in [-0.3, -0.25) is 0 Å². The molecule has 0 amide bonds. The highest BCUT2D eigenvalue weighted by Gasteiger charge is 1.91. The van der Waals surface area contributed by atoms with Gasteiger partial charge in [0.05, 0.1) is 0 Å². The van der Waals surface area contributed by atoms with Gasteiger partial charge < -0.3 is 4.98 Å². The molecule has 0 aliphatic carbocycles. The second-order valence-corrected chi connectivity index (χ2v) is 2.38. The first-order chi connectivity index (χ1) is 4.72. The molecule has 1 aromatic rings. The van der Waals surface area contributed by atoms with Crippen molar-refractivity contribution >= 4 is 12.2 Å². The van der Waals surface area contributed by atoms with E-state index in [1.165, 1.54) is 0 Å². The third-order valence-electron chi connectivity index (χ3n) is 1.15. The number of nitrogens with zero attached hydrogens (tertiary/aromatic N) is 2. The van der Waals surface area contributed by atoms with Crippen LogP contribution in [0.25, 0.3) is 0 Å². The SMILES string of the molecule is CCc1nc(=S)nc(C)[nH]1. The molecule has 0 fully saturated rings. The number of aryl methyl sites for hydroxylation is 2. The number of H-pyrrole nitrogens is 1. The molecule has 0 atom stereocenters. The summed E-state index contributed by atoms with van der Waals surface area (Å²) < 4.78 is 0.424. The minimum Gasteiger partial charge on any atom is -0.332 e. The summed E-state index contributed by atoms with van der Waals surface area (Å²) in [5.74, 6) is 1.73. The number of hydrogen-bond donors (Lipinski definition) is 1. The van der Waals surface area contributed by atoms with Gasteiger partial charge in [-0.2, -0.15) is 0 Å². The van der Waals surface area contributed by atoms with E-state index in [1.54, 1.807) is 0 Å². The highest BCUT2D eigenvalue weighted by Crippen LogP contribution is 1.91. The largest absolute Gasteiger partial charge is 0.332 e. The molecule has 0 unspecified atom stereocenters. The minimum absolute atomic E-state index is 0.424. The predicted molar refractivity (Wildman–Crippen MR) is 41.3 cm³/mol. The quantitative estimate of drug-likeness (QED) is 0.623. The molecule has 1 aromatic heterocycles. The number of hydrogen-bond acceptors (Lipinski definition) is 3. The van der Waals surface area contributed by atoms with Crippen molar-refractivity contribution in [3.05, 3.63) is 16.4 Å². The molecule has 0 aliphatic heterocycles. The van der Waals surface area contributed by atoms with Crippen LogP contribution >= 0.6 is 12.2 Å². The molecule has 0 bridgehead atoms. The lowest BCUT2D eigenvalue weighted by molar-refractivity contribution is 0.851. The second-order valence-electron chi connectivity index (χ2n) is 2.02. The lowest BCUT2D eigenvalue weighted by atomic mass is 10.4. The number of aromatic nitrogens is 3. The lowest BCUT2D eigenvalue weighted by Crippen LogP contribution is -1.98. The van der Waals surface area contributed by atoms with Crippen LogP contribution in [-0.4, -0.2) is 15.0 Å². The molecule has 0 radical (unpaired) electrons. The Morgan fingerprint density at radius 1 is 1.50 bits per heavy atom. The molecule has 0 aromatic carbocycles. The van der Waals surface area contributed by atoms with E-state index in [1.807, 2.05) is 13.8 Å². The van der Waals surface area contributed by atoms with Gasteiger partial charge in [-0.25, -0.2) is 9.97 Å². The van der Waals surface area contributed by atoms with Crippen molar-refractivity contribution in [2.24, 2.45) is 0 Å². The molecular formula is C6H9N3S. The van der Waals surface area contributed by atoms with Gasteiger partial charge in [0.1, 0.15) is 11.6 Å². The summed E-state index contributed by atoms with van der Waals surface area (Å²) in [4.78, 5) is 10.9. The Bertz CT molecular complexity index is 279. The molecule has 0 saturated heterocycles. The molecule has 1 N–H and O–H groups in total. The Labute approximate surface area is 64.5 Å². The van der Waals surface area contributed by atoms with Crippen molar-refractivity contribution in [3.63, 3.8) is 0 Å². The summed E-state index contributed by atoms with van der Waals surface area (Å²) >= 11 is 4.81. The maximum Gasteiger partial charge on any atom is 0.222 e. The van der Waals surface area contributed by atoms with Crippen LogP contribution in [0.1, 0.15) is 18.6 Å². The summed E-state index contributed by atoms with van der Waals surface area (Å²) in [5, 5.41) is 0. The normalized spacial score (nSPS) is 9.80. The first kappa shape index (κ1) is 7.34. The number of rotatable bonds is 1. The zero-order valence-electron chi connectivity index (χ0n) is 6.01. The zero-order valence-corrected chi connectivity index (χ0v) is 6.83. The van der Waals surface area contributed by atoms with Crippen molar-refractivity contribution in [2.75, 3.05) is 0 Å². The smallest absolute Gasteiger partial charge is 0.222 e. The fourth-order valence-electron chi connectivity index (χ4n) is 0.716. The average molecular weight is 155 g/mol. The maximum atomic E-state index is 4.81. The summed E-state index contributed by atoms with van der Waals surface area (Å²) in [6, 6.07) is 0. The zero-order chi connectivity index (χ0) is 7.56. The van der Waals surface area contributed by atoms with E-state index in [0.717, 1.165) is 18.1 Å². The first-order valence-electron chi connectivity index (χ1n) is 3.16. The minimum atomic E-state index is 0.424. The van der Waals surface area contributed by atoms with E-state index in [-0.39, 0.29) is 0 Å². The Morgan fingerprint density at radius 2 is 2.20 bits per heavy atom. The van der Waals surface area contributed by atoms with Crippen LogP contribution in [0.5, 0.6) is 0 Å². The van der Waals surface area contributed by atoms with Crippen molar-refractivity contribution in [2.45, 2.75) is 20.3 Å². The van der Waals surface area contributed by atoms with Crippen molar-refractivity contribution in [1.29, 1.82) is 0 Å². The second kappa shape index (κ2) is 2.88. The topological polar surface area (TPSA) is 41.6 Å². The highest BCUT2D eigenvalue weighted by atomic mass is 32.1. The Hall–Kier alpha value is -0.770. The third-order valence-corrected chi connectivity index (χ3v) is 1.34. The van der Waals surface area contributed by atoms with Gasteiger partial charge in [0, 0.05) is 6.42 Å². The molecule has 1 heterocycles. The van der Waals surface area contributed by atoms with Crippen LogP contribution in [0.3, 0.4) is 0 Å². The van der Waals surface area contributed by atoms with Crippen molar-refractivity contribution in [3.8, 4) is 0 Å². The van der Waals surface area contributed by atoms with E-state index in [4.69, 9.17) is 12.2 Å². The standard InChI is InChI=1S/C6H9N3S/c1-3-5-7-4(2)8-6(10)9-5/h3H2,1-2H3,(H,7,8,9,10). The van der Waals surface area contributed by atoms with Gasteiger partial charge in [-0.1, -0.05) is 6.92 Å². The van der Waals surface area contributed by atoms with E-state index >= 15 is 0 Å². The van der Waals surface area contributed by atoms with Crippen LogP contribution in [0, 0.1) is 11.7 Å². The Kier molecular flexibility index (Phi) is 2.11. The molecule has 0 spiro atoms. The third kappa shape index (κ3) is 1.60.